The maximum Gasteiger partial charge on any atom is 0.227 e. The highest BCUT2D eigenvalue weighted by atomic mass is 35.5. The number of piperidine rings is 1. The van der Waals surface area contributed by atoms with E-state index in [2.05, 4.69) is 5.32 Å². The van der Waals surface area contributed by atoms with Crippen LogP contribution in [0.3, 0.4) is 0 Å². The Balaban J connectivity index is 1.58. The molecule has 1 fully saturated rings. The summed E-state index contributed by atoms with van der Waals surface area (Å²) in [6, 6.07) is 14.5. The summed E-state index contributed by atoms with van der Waals surface area (Å²) in [6.07, 6.45) is 1.04. The molecule has 5 nitrogen and oxygen atoms in total. The number of amides is 1. The molecule has 3 rings (SSSR count). The first kappa shape index (κ1) is 19.9. The van der Waals surface area contributed by atoms with Crippen molar-refractivity contribution in [3.63, 3.8) is 0 Å². The Labute approximate surface area is 165 Å². The fourth-order valence-electron chi connectivity index (χ4n) is 3.27. The van der Waals surface area contributed by atoms with Crippen molar-refractivity contribution in [3.8, 4) is 0 Å². The zero-order valence-electron chi connectivity index (χ0n) is 15.2. The van der Waals surface area contributed by atoms with Gasteiger partial charge in [-0.1, -0.05) is 41.9 Å². The average Bonchev–Trinajstić information content (AvgIpc) is 2.63. The van der Waals surface area contributed by atoms with Gasteiger partial charge in [-0.25, -0.2) is 12.7 Å². The van der Waals surface area contributed by atoms with E-state index in [1.54, 1.807) is 24.3 Å². The summed E-state index contributed by atoms with van der Waals surface area (Å²) in [5.74, 6) is -0.299. The molecule has 0 atom stereocenters. The predicted octanol–water partition coefficient (Wildman–Crippen LogP) is 3.83. The molecule has 0 saturated carbocycles. The second-order valence-corrected chi connectivity index (χ2v) is 9.27. The monoisotopic (exact) mass is 406 g/mol. The molecule has 0 aliphatic carbocycles. The minimum absolute atomic E-state index is 0.0452. The van der Waals surface area contributed by atoms with Crippen LogP contribution < -0.4 is 5.32 Å². The van der Waals surface area contributed by atoms with E-state index in [4.69, 9.17) is 11.6 Å². The third-order valence-electron chi connectivity index (χ3n) is 4.86. The number of nitrogens with zero attached hydrogens (tertiary/aromatic N) is 1. The van der Waals surface area contributed by atoms with Crippen LogP contribution in [0.2, 0.25) is 5.02 Å². The van der Waals surface area contributed by atoms with Gasteiger partial charge in [-0.3, -0.25) is 4.79 Å². The highest BCUT2D eigenvalue weighted by molar-refractivity contribution is 7.88. The quantitative estimate of drug-likeness (QED) is 0.820. The number of sulfonamides is 1. The van der Waals surface area contributed by atoms with Gasteiger partial charge in [0.15, 0.2) is 0 Å². The van der Waals surface area contributed by atoms with E-state index in [1.807, 2.05) is 31.2 Å². The van der Waals surface area contributed by atoms with Crippen LogP contribution in [-0.2, 0) is 20.6 Å². The molecule has 0 radical (unpaired) electrons. The zero-order valence-corrected chi connectivity index (χ0v) is 16.8. The van der Waals surface area contributed by atoms with Crippen LogP contribution in [0.1, 0.15) is 24.0 Å². The third kappa shape index (κ3) is 5.09. The number of benzene rings is 2. The topological polar surface area (TPSA) is 66.5 Å². The van der Waals surface area contributed by atoms with Crippen molar-refractivity contribution >= 4 is 33.2 Å². The van der Waals surface area contributed by atoms with Gasteiger partial charge < -0.3 is 5.32 Å². The van der Waals surface area contributed by atoms with Crippen molar-refractivity contribution in [1.29, 1.82) is 0 Å². The number of rotatable bonds is 5. The van der Waals surface area contributed by atoms with E-state index in [-0.39, 0.29) is 17.6 Å². The van der Waals surface area contributed by atoms with E-state index in [0.29, 0.717) is 36.5 Å². The standard InChI is InChI=1S/C20H23ClN2O3S/c1-15-5-2-3-8-19(15)22-20(24)17-9-11-23(12-10-17)27(25,26)14-16-6-4-7-18(21)13-16/h2-8,13,17H,9-12,14H2,1H3,(H,22,24). The molecule has 0 bridgehead atoms. The number of para-hydroxylation sites is 1. The smallest absolute Gasteiger partial charge is 0.227 e. The van der Waals surface area contributed by atoms with Crippen LogP contribution in [0.25, 0.3) is 0 Å². The van der Waals surface area contributed by atoms with E-state index in [0.717, 1.165) is 11.3 Å². The molecule has 0 aromatic heterocycles. The molecule has 7 heteroatoms. The van der Waals surface area contributed by atoms with Gasteiger partial charge in [0.2, 0.25) is 15.9 Å². The van der Waals surface area contributed by atoms with Crippen molar-refractivity contribution in [2.75, 3.05) is 18.4 Å². The van der Waals surface area contributed by atoms with Crippen molar-refractivity contribution in [3.05, 3.63) is 64.7 Å². The summed E-state index contributed by atoms with van der Waals surface area (Å²) < 4.78 is 26.8. The number of anilines is 1. The molecule has 144 valence electrons. The molecular formula is C20H23ClN2O3S. The minimum atomic E-state index is -3.42. The maximum atomic E-state index is 12.7. The highest BCUT2D eigenvalue weighted by Crippen LogP contribution is 2.24. The van der Waals surface area contributed by atoms with Gasteiger partial charge in [-0.05, 0) is 49.1 Å². The summed E-state index contributed by atoms with van der Waals surface area (Å²) in [6.45, 7) is 2.66. The molecule has 1 aliphatic heterocycles. The molecule has 2 aromatic rings. The van der Waals surface area contributed by atoms with Crippen molar-refractivity contribution < 1.29 is 13.2 Å². The fraction of sp³-hybridized carbons (Fsp3) is 0.350. The van der Waals surface area contributed by atoms with Crippen molar-refractivity contribution in [2.45, 2.75) is 25.5 Å². The first-order chi connectivity index (χ1) is 12.8. The van der Waals surface area contributed by atoms with Gasteiger partial charge >= 0.3 is 0 Å². The molecule has 1 saturated heterocycles. The lowest BCUT2D eigenvalue weighted by molar-refractivity contribution is -0.120. The molecule has 0 unspecified atom stereocenters. The lowest BCUT2D eigenvalue weighted by Crippen LogP contribution is -2.41. The van der Waals surface area contributed by atoms with Crippen LogP contribution in [0.5, 0.6) is 0 Å². The number of nitrogens with one attached hydrogen (secondary N) is 1. The van der Waals surface area contributed by atoms with Crippen LogP contribution in [0.15, 0.2) is 48.5 Å². The van der Waals surface area contributed by atoms with E-state index >= 15 is 0 Å². The molecule has 1 amide bonds. The number of carbonyl (C=O) groups is 1. The third-order valence-corrected chi connectivity index (χ3v) is 6.94. The molecule has 27 heavy (non-hydrogen) atoms. The normalized spacial score (nSPS) is 16.2. The van der Waals surface area contributed by atoms with Crippen LogP contribution in [-0.4, -0.2) is 31.7 Å². The van der Waals surface area contributed by atoms with Gasteiger partial charge in [-0.2, -0.15) is 0 Å². The molecule has 2 aromatic carbocycles. The largest absolute Gasteiger partial charge is 0.326 e. The average molecular weight is 407 g/mol. The second kappa shape index (κ2) is 8.42. The van der Waals surface area contributed by atoms with Crippen molar-refractivity contribution in [1.82, 2.24) is 4.31 Å². The van der Waals surface area contributed by atoms with E-state index in [9.17, 15) is 13.2 Å². The number of aryl methyl sites for hydroxylation is 1. The van der Waals surface area contributed by atoms with Crippen LogP contribution in [0, 0.1) is 12.8 Å². The number of hydrogen-bond acceptors (Lipinski definition) is 3. The van der Waals surface area contributed by atoms with Gasteiger partial charge in [0.25, 0.3) is 0 Å². The van der Waals surface area contributed by atoms with Gasteiger partial charge in [0.1, 0.15) is 0 Å². The number of halogens is 1. The number of carbonyl (C=O) groups excluding carboxylic acids is 1. The Morgan fingerprint density at radius 1 is 1.15 bits per heavy atom. The van der Waals surface area contributed by atoms with Gasteiger partial charge in [0, 0.05) is 29.7 Å². The lowest BCUT2D eigenvalue weighted by Gasteiger charge is -2.30. The predicted molar refractivity (Wildman–Crippen MR) is 108 cm³/mol. The minimum Gasteiger partial charge on any atom is -0.326 e. The van der Waals surface area contributed by atoms with Crippen LogP contribution >= 0.6 is 11.6 Å². The summed E-state index contributed by atoms with van der Waals surface area (Å²) in [5.41, 5.74) is 2.48. The number of hydrogen-bond donors (Lipinski definition) is 1. The summed E-state index contributed by atoms with van der Waals surface area (Å²) in [5, 5.41) is 3.48. The Kier molecular flexibility index (Phi) is 6.19. The van der Waals surface area contributed by atoms with Gasteiger partial charge in [0.05, 0.1) is 5.75 Å². The Hall–Kier alpha value is -1.89. The summed E-state index contributed by atoms with van der Waals surface area (Å²) >= 11 is 5.94. The molecule has 1 aliphatic rings. The molecule has 1 heterocycles. The molecular weight excluding hydrogens is 384 g/mol. The Morgan fingerprint density at radius 3 is 2.52 bits per heavy atom. The maximum absolute atomic E-state index is 12.7. The van der Waals surface area contributed by atoms with Gasteiger partial charge in [-0.15, -0.1) is 0 Å². The first-order valence-electron chi connectivity index (χ1n) is 8.94. The zero-order chi connectivity index (χ0) is 19.4. The summed E-state index contributed by atoms with van der Waals surface area (Å²) in [7, 11) is -3.42. The Bertz CT molecular complexity index is 922. The highest BCUT2D eigenvalue weighted by Gasteiger charge is 2.31. The van der Waals surface area contributed by atoms with Crippen molar-refractivity contribution in [2.24, 2.45) is 5.92 Å². The fourth-order valence-corrected chi connectivity index (χ4v) is 5.04. The second-order valence-electron chi connectivity index (χ2n) is 6.86. The molecule has 1 N–H and O–H groups in total. The summed E-state index contributed by atoms with van der Waals surface area (Å²) in [4.78, 5) is 12.5. The van der Waals surface area contributed by atoms with E-state index in [1.165, 1.54) is 4.31 Å². The lowest BCUT2D eigenvalue weighted by atomic mass is 9.97. The molecule has 0 spiro atoms. The Morgan fingerprint density at radius 2 is 1.85 bits per heavy atom. The van der Waals surface area contributed by atoms with Crippen LogP contribution in [0.4, 0.5) is 5.69 Å². The SMILES string of the molecule is Cc1ccccc1NC(=O)C1CCN(S(=O)(=O)Cc2cccc(Cl)c2)CC1. The van der Waals surface area contributed by atoms with E-state index < -0.39 is 10.0 Å². The first-order valence-corrected chi connectivity index (χ1v) is 10.9.